The molecular formula is C15H13ClN2O4. The second-order valence-electron chi connectivity index (χ2n) is 5.19. The molecule has 0 spiro atoms. The molecule has 2 atom stereocenters. The number of carbonyl (C=O) groups is 1. The lowest BCUT2D eigenvalue weighted by molar-refractivity contribution is -0.497. The van der Waals surface area contributed by atoms with Crippen molar-refractivity contribution in [1.82, 2.24) is 5.32 Å². The fraction of sp³-hybridized carbons (Fsp3) is 0.267. The van der Waals surface area contributed by atoms with Crippen molar-refractivity contribution < 1.29 is 14.1 Å². The molecule has 2 aromatic rings. The van der Waals surface area contributed by atoms with Crippen molar-refractivity contribution in [3.05, 3.63) is 57.3 Å². The van der Waals surface area contributed by atoms with E-state index in [0.29, 0.717) is 23.0 Å². The average molecular weight is 321 g/mol. The maximum atomic E-state index is 11.7. The van der Waals surface area contributed by atoms with Gasteiger partial charge in [-0.25, -0.2) is 0 Å². The van der Waals surface area contributed by atoms with Gasteiger partial charge >= 0.3 is 0 Å². The Morgan fingerprint density at radius 3 is 2.68 bits per heavy atom. The van der Waals surface area contributed by atoms with E-state index < -0.39 is 16.9 Å². The van der Waals surface area contributed by atoms with Gasteiger partial charge < -0.3 is 9.73 Å². The molecule has 0 saturated heterocycles. The number of nitrogens with one attached hydrogen (secondary N) is 1. The number of hydrogen-bond acceptors (Lipinski definition) is 4. The van der Waals surface area contributed by atoms with Gasteiger partial charge in [0.1, 0.15) is 17.4 Å². The minimum Gasteiger partial charge on any atom is -0.459 e. The summed E-state index contributed by atoms with van der Waals surface area (Å²) in [6.07, 6.45) is 0.313. The van der Waals surface area contributed by atoms with Crippen LogP contribution in [0.5, 0.6) is 0 Å². The molecule has 1 fully saturated rings. The molecule has 1 aliphatic rings. The standard InChI is InChI=1S/C15H13ClN2O4/c16-10-3-1-9(2-4-10)14-6-5-11(22-14)8-17-15(19)12-7-13(12)18(20)21/h1-6,12-13H,7-8H2,(H,17,19)/t12-,13+/m1/s1. The molecule has 1 saturated carbocycles. The van der Waals surface area contributed by atoms with Crippen molar-refractivity contribution in [2.45, 2.75) is 19.0 Å². The molecule has 0 unspecified atom stereocenters. The average Bonchev–Trinajstić information content (AvgIpc) is 3.18. The Kier molecular flexibility index (Phi) is 3.85. The number of carbonyl (C=O) groups excluding carboxylic acids is 1. The van der Waals surface area contributed by atoms with E-state index >= 15 is 0 Å². The van der Waals surface area contributed by atoms with Gasteiger partial charge in [-0.15, -0.1) is 0 Å². The van der Waals surface area contributed by atoms with E-state index in [9.17, 15) is 14.9 Å². The molecule has 1 aliphatic carbocycles. The monoisotopic (exact) mass is 320 g/mol. The van der Waals surface area contributed by atoms with Crippen LogP contribution in [0, 0.1) is 16.0 Å². The number of nitro groups is 1. The van der Waals surface area contributed by atoms with Crippen LogP contribution < -0.4 is 5.32 Å². The lowest BCUT2D eigenvalue weighted by Crippen LogP contribution is -2.26. The zero-order valence-electron chi connectivity index (χ0n) is 11.5. The van der Waals surface area contributed by atoms with Crippen LogP contribution in [-0.2, 0) is 11.3 Å². The van der Waals surface area contributed by atoms with Crippen LogP contribution in [0.15, 0.2) is 40.8 Å². The van der Waals surface area contributed by atoms with Crippen molar-refractivity contribution in [2.24, 2.45) is 5.92 Å². The third kappa shape index (κ3) is 3.12. The summed E-state index contributed by atoms with van der Waals surface area (Å²) in [6.45, 7) is 0.216. The van der Waals surface area contributed by atoms with E-state index in [4.69, 9.17) is 16.0 Å². The Morgan fingerprint density at radius 1 is 1.32 bits per heavy atom. The number of hydrogen-bond donors (Lipinski definition) is 1. The SMILES string of the molecule is O=C(NCc1ccc(-c2ccc(Cl)cc2)o1)[C@@H]1C[C@@H]1[N+](=O)[O-]. The van der Waals surface area contributed by atoms with E-state index in [1.807, 2.05) is 18.2 Å². The topological polar surface area (TPSA) is 85.4 Å². The van der Waals surface area contributed by atoms with Crippen LogP contribution in [-0.4, -0.2) is 16.9 Å². The first-order chi connectivity index (χ1) is 10.5. The van der Waals surface area contributed by atoms with Gasteiger partial charge in [-0.3, -0.25) is 14.9 Å². The van der Waals surface area contributed by atoms with Crippen LogP contribution in [0.1, 0.15) is 12.2 Å². The number of amides is 1. The van der Waals surface area contributed by atoms with Gasteiger partial charge in [0, 0.05) is 21.9 Å². The molecular weight excluding hydrogens is 308 g/mol. The Morgan fingerprint density at radius 2 is 2.05 bits per heavy atom. The van der Waals surface area contributed by atoms with Crippen molar-refractivity contribution >= 4 is 17.5 Å². The summed E-state index contributed by atoms with van der Waals surface area (Å²) < 4.78 is 5.64. The van der Waals surface area contributed by atoms with E-state index in [1.165, 1.54) is 0 Å². The fourth-order valence-electron chi connectivity index (χ4n) is 2.24. The molecule has 3 rings (SSSR count). The number of furan rings is 1. The van der Waals surface area contributed by atoms with E-state index in [0.717, 1.165) is 5.56 Å². The normalized spacial score (nSPS) is 19.7. The maximum absolute atomic E-state index is 11.7. The zero-order chi connectivity index (χ0) is 15.7. The molecule has 22 heavy (non-hydrogen) atoms. The summed E-state index contributed by atoms with van der Waals surface area (Å²) in [5.74, 6) is 0.457. The Bertz CT molecular complexity index is 711. The Hall–Kier alpha value is -2.34. The maximum Gasteiger partial charge on any atom is 0.230 e. The predicted molar refractivity (Wildman–Crippen MR) is 79.9 cm³/mol. The van der Waals surface area contributed by atoms with E-state index in [-0.39, 0.29) is 12.5 Å². The van der Waals surface area contributed by atoms with Gasteiger partial charge in [0.25, 0.3) is 0 Å². The van der Waals surface area contributed by atoms with Gasteiger partial charge in [-0.05, 0) is 36.4 Å². The van der Waals surface area contributed by atoms with Crippen molar-refractivity contribution in [2.75, 3.05) is 0 Å². The third-order valence-corrected chi connectivity index (χ3v) is 3.84. The van der Waals surface area contributed by atoms with E-state index in [2.05, 4.69) is 5.32 Å². The van der Waals surface area contributed by atoms with Gasteiger partial charge in [-0.1, -0.05) is 11.6 Å². The highest BCUT2D eigenvalue weighted by molar-refractivity contribution is 6.30. The van der Waals surface area contributed by atoms with Crippen molar-refractivity contribution in [1.29, 1.82) is 0 Å². The second kappa shape index (κ2) is 5.81. The molecule has 114 valence electrons. The molecule has 1 N–H and O–H groups in total. The highest BCUT2D eigenvalue weighted by Gasteiger charge is 2.53. The molecule has 0 aliphatic heterocycles. The Labute approximate surface area is 131 Å². The Balaban J connectivity index is 1.57. The number of nitrogens with zero attached hydrogens (tertiary/aromatic N) is 1. The number of halogens is 1. The lowest BCUT2D eigenvalue weighted by Gasteiger charge is -2.01. The summed E-state index contributed by atoms with van der Waals surface area (Å²) in [5, 5.41) is 13.8. The molecule has 1 aromatic heterocycles. The molecule has 6 nitrogen and oxygen atoms in total. The zero-order valence-corrected chi connectivity index (χ0v) is 12.2. The van der Waals surface area contributed by atoms with Gasteiger partial charge in [0.2, 0.25) is 11.9 Å². The fourth-order valence-corrected chi connectivity index (χ4v) is 2.37. The molecule has 0 bridgehead atoms. The first-order valence-corrected chi connectivity index (χ1v) is 7.18. The number of benzene rings is 1. The molecule has 0 radical (unpaired) electrons. The third-order valence-electron chi connectivity index (χ3n) is 3.59. The summed E-state index contributed by atoms with van der Waals surface area (Å²) in [5.41, 5.74) is 0.887. The first-order valence-electron chi connectivity index (χ1n) is 6.80. The summed E-state index contributed by atoms with van der Waals surface area (Å²) in [6, 6.07) is 10.1. The second-order valence-corrected chi connectivity index (χ2v) is 5.62. The van der Waals surface area contributed by atoms with Crippen molar-refractivity contribution in [3.63, 3.8) is 0 Å². The quantitative estimate of drug-likeness (QED) is 0.678. The largest absolute Gasteiger partial charge is 0.459 e. The minimum atomic E-state index is -0.735. The highest BCUT2D eigenvalue weighted by atomic mass is 35.5. The molecule has 7 heteroatoms. The van der Waals surface area contributed by atoms with Crippen LogP contribution in [0.3, 0.4) is 0 Å². The summed E-state index contributed by atoms with van der Waals surface area (Å²) >= 11 is 5.83. The van der Waals surface area contributed by atoms with Gasteiger partial charge in [0.05, 0.1) is 6.54 Å². The van der Waals surface area contributed by atoms with Crippen LogP contribution in [0.4, 0.5) is 0 Å². The predicted octanol–water partition coefficient (Wildman–Crippen LogP) is 2.88. The highest BCUT2D eigenvalue weighted by Crippen LogP contribution is 2.33. The lowest BCUT2D eigenvalue weighted by atomic mass is 10.2. The van der Waals surface area contributed by atoms with Crippen LogP contribution in [0.25, 0.3) is 11.3 Å². The molecule has 1 amide bonds. The van der Waals surface area contributed by atoms with Gasteiger partial charge in [0.15, 0.2) is 0 Å². The van der Waals surface area contributed by atoms with Crippen LogP contribution >= 0.6 is 11.6 Å². The van der Waals surface area contributed by atoms with Crippen molar-refractivity contribution in [3.8, 4) is 11.3 Å². The number of rotatable bonds is 5. The summed E-state index contributed by atoms with van der Waals surface area (Å²) in [4.78, 5) is 21.9. The van der Waals surface area contributed by atoms with Crippen LogP contribution in [0.2, 0.25) is 5.02 Å². The van der Waals surface area contributed by atoms with Gasteiger partial charge in [-0.2, -0.15) is 0 Å². The smallest absolute Gasteiger partial charge is 0.230 e. The minimum absolute atomic E-state index is 0.216. The summed E-state index contributed by atoms with van der Waals surface area (Å²) in [7, 11) is 0. The molecule has 1 aromatic carbocycles. The van der Waals surface area contributed by atoms with E-state index in [1.54, 1.807) is 18.2 Å². The molecule has 1 heterocycles. The first kappa shape index (κ1) is 14.6.